The van der Waals surface area contributed by atoms with E-state index in [0.717, 1.165) is 10.6 Å². The Hall–Kier alpha value is -1.88. The Labute approximate surface area is 127 Å². The minimum Gasteiger partial charge on any atom is -0.274 e. The molecule has 0 spiro atoms. The van der Waals surface area contributed by atoms with Crippen LogP contribution in [0.2, 0.25) is 0 Å². The molecule has 1 aromatic heterocycles. The summed E-state index contributed by atoms with van der Waals surface area (Å²) in [7, 11) is 0. The van der Waals surface area contributed by atoms with E-state index in [9.17, 15) is 9.59 Å². The molecule has 0 N–H and O–H groups in total. The first kappa shape index (κ1) is 14.1. The molecule has 0 radical (unpaired) electrons. The van der Waals surface area contributed by atoms with Crippen LogP contribution in [0.25, 0.3) is 11.4 Å². The van der Waals surface area contributed by atoms with Crippen molar-refractivity contribution in [1.82, 2.24) is 9.55 Å². The van der Waals surface area contributed by atoms with Crippen LogP contribution >= 0.6 is 11.8 Å². The molecule has 0 saturated carbocycles. The summed E-state index contributed by atoms with van der Waals surface area (Å²) < 4.78 is 1.24. The lowest BCUT2D eigenvalue weighted by atomic mass is 10.1. The zero-order valence-corrected chi connectivity index (χ0v) is 12.8. The normalized spacial score (nSPS) is 16.8. The van der Waals surface area contributed by atoms with Gasteiger partial charge in [-0.3, -0.25) is 9.59 Å². The van der Waals surface area contributed by atoms with Gasteiger partial charge < -0.3 is 0 Å². The average Bonchev–Trinajstić information content (AvgIpc) is 2.88. The number of fused-ring (bicyclic) bond motifs is 1. The van der Waals surface area contributed by atoms with E-state index in [2.05, 4.69) is 11.9 Å². The zero-order valence-electron chi connectivity index (χ0n) is 12.0. The van der Waals surface area contributed by atoms with Crippen LogP contribution in [-0.2, 0) is 6.42 Å². The van der Waals surface area contributed by atoms with Crippen molar-refractivity contribution in [2.45, 2.75) is 37.0 Å². The number of aromatic nitrogens is 2. The summed E-state index contributed by atoms with van der Waals surface area (Å²) in [6, 6.07) is 9.40. The molecule has 1 aromatic carbocycles. The molecule has 1 atom stereocenters. The number of thioether (sulfide) groups is 1. The van der Waals surface area contributed by atoms with Gasteiger partial charge in [-0.25, -0.2) is 9.55 Å². The van der Waals surface area contributed by atoms with Gasteiger partial charge in [-0.2, -0.15) is 0 Å². The summed E-state index contributed by atoms with van der Waals surface area (Å²) in [5.74, 6) is 0.242. The molecule has 4 nitrogen and oxygen atoms in total. The highest BCUT2D eigenvalue weighted by Crippen LogP contribution is 2.34. The fourth-order valence-electron chi connectivity index (χ4n) is 2.50. The van der Waals surface area contributed by atoms with E-state index in [1.165, 1.54) is 4.57 Å². The molecule has 5 heteroatoms. The number of carbonyl (C=O) groups is 1. The Morgan fingerprint density at radius 3 is 2.76 bits per heavy atom. The molecule has 3 rings (SSSR count). The molecule has 0 saturated heterocycles. The van der Waals surface area contributed by atoms with E-state index in [-0.39, 0.29) is 17.9 Å². The van der Waals surface area contributed by atoms with Gasteiger partial charge in [0.15, 0.2) is 5.82 Å². The van der Waals surface area contributed by atoms with Gasteiger partial charge >= 0.3 is 0 Å². The number of rotatable bonds is 2. The minimum atomic E-state index is -0.210. The van der Waals surface area contributed by atoms with Crippen molar-refractivity contribution in [2.75, 3.05) is 0 Å². The van der Waals surface area contributed by atoms with Crippen molar-refractivity contribution in [3.63, 3.8) is 0 Å². The average molecular weight is 300 g/mol. The lowest BCUT2D eigenvalue weighted by molar-refractivity contribution is 0.0904. The van der Waals surface area contributed by atoms with Gasteiger partial charge in [0.1, 0.15) is 5.03 Å². The summed E-state index contributed by atoms with van der Waals surface area (Å²) in [5, 5.41) is 1.10. The Bertz CT molecular complexity index is 753. The van der Waals surface area contributed by atoms with E-state index >= 15 is 0 Å². The lowest BCUT2D eigenvalue weighted by Gasteiger charge is -2.12. The molecule has 0 aliphatic carbocycles. The quantitative estimate of drug-likeness (QED) is 0.800. The minimum absolute atomic E-state index is 0.206. The molecule has 2 heterocycles. The van der Waals surface area contributed by atoms with Crippen LogP contribution in [0.15, 0.2) is 40.2 Å². The van der Waals surface area contributed by atoms with Crippen LogP contribution in [0.1, 0.15) is 30.6 Å². The van der Waals surface area contributed by atoms with Crippen LogP contribution in [0.5, 0.6) is 0 Å². The molecule has 21 heavy (non-hydrogen) atoms. The fraction of sp³-hybridized carbons (Fsp3) is 0.312. The van der Waals surface area contributed by atoms with Crippen molar-refractivity contribution >= 4 is 17.7 Å². The van der Waals surface area contributed by atoms with Gasteiger partial charge in [0.25, 0.3) is 5.56 Å². The van der Waals surface area contributed by atoms with Crippen molar-refractivity contribution in [2.24, 2.45) is 0 Å². The second-order valence-electron chi connectivity index (χ2n) is 5.11. The summed E-state index contributed by atoms with van der Waals surface area (Å²) >= 11 is 1.61. The molecular formula is C16H16N2O2S. The van der Waals surface area contributed by atoms with Crippen LogP contribution < -0.4 is 5.56 Å². The lowest BCUT2D eigenvalue weighted by Crippen LogP contribution is -2.31. The van der Waals surface area contributed by atoms with Crippen molar-refractivity contribution in [1.29, 1.82) is 0 Å². The second-order valence-corrected chi connectivity index (χ2v) is 6.53. The first-order chi connectivity index (χ1) is 10.1. The van der Waals surface area contributed by atoms with Crippen LogP contribution in [0.3, 0.4) is 0 Å². The summed E-state index contributed by atoms with van der Waals surface area (Å²) in [6.07, 6.45) is 0.959. The molecule has 0 fully saturated rings. The Balaban J connectivity index is 2.29. The third-order valence-corrected chi connectivity index (χ3v) is 4.66. The van der Waals surface area contributed by atoms with E-state index in [0.29, 0.717) is 23.1 Å². The van der Waals surface area contributed by atoms with Gasteiger partial charge in [-0.15, -0.1) is 11.8 Å². The summed E-state index contributed by atoms with van der Waals surface area (Å²) in [6.45, 7) is 3.83. The third-order valence-electron chi connectivity index (χ3n) is 3.53. The molecule has 108 valence electrons. The van der Waals surface area contributed by atoms with E-state index in [4.69, 9.17) is 0 Å². The molecule has 1 aliphatic heterocycles. The van der Waals surface area contributed by atoms with Crippen molar-refractivity contribution < 1.29 is 4.79 Å². The number of benzene rings is 1. The SMILES string of the molecule is CCC(=O)n1c(-c2ccccc2)nc2c(c1=O)C[C@H](C)S2. The van der Waals surface area contributed by atoms with E-state index < -0.39 is 0 Å². The molecule has 2 aromatic rings. The second kappa shape index (κ2) is 5.48. The molecule has 0 amide bonds. The summed E-state index contributed by atoms with van der Waals surface area (Å²) in [4.78, 5) is 29.5. The maximum absolute atomic E-state index is 12.7. The number of hydrogen-bond donors (Lipinski definition) is 0. The van der Waals surface area contributed by atoms with E-state index in [1.807, 2.05) is 30.3 Å². The highest BCUT2D eigenvalue weighted by Gasteiger charge is 2.27. The Morgan fingerprint density at radius 1 is 1.38 bits per heavy atom. The fourth-order valence-corrected chi connectivity index (χ4v) is 3.58. The topological polar surface area (TPSA) is 52.0 Å². The number of hydrogen-bond acceptors (Lipinski definition) is 4. The molecule has 1 aliphatic rings. The molecule has 0 bridgehead atoms. The zero-order chi connectivity index (χ0) is 15.0. The smallest absolute Gasteiger partial charge is 0.264 e. The van der Waals surface area contributed by atoms with Gasteiger partial charge in [0.05, 0.1) is 5.56 Å². The predicted molar refractivity (Wildman–Crippen MR) is 83.9 cm³/mol. The maximum atomic E-state index is 12.7. The van der Waals surface area contributed by atoms with Crippen molar-refractivity contribution in [3.05, 3.63) is 46.2 Å². The number of carbonyl (C=O) groups excluding carboxylic acids is 1. The van der Waals surface area contributed by atoms with Crippen LogP contribution in [0.4, 0.5) is 0 Å². The number of nitrogens with zero attached hydrogens (tertiary/aromatic N) is 2. The largest absolute Gasteiger partial charge is 0.274 e. The van der Waals surface area contributed by atoms with E-state index in [1.54, 1.807) is 18.7 Å². The maximum Gasteiger partial charge on any atom is 0.264 e. The Kier molecular flexibility index (Phi) is 3.68. The van der Waals surface area contributed by atoms with Gasteiger partial charge in [0.2, 0.25) is 5.91 Å². The van der Waals surface area contributed by atoms with Crippen LogP contribution in [0, 0.1) is 0 Å². The van der Waals surface area contributed by atoms with Gasteiger partial charge in [-0.05, 0) is 6.42 Å². The third kappa shape index (κ3) is 2.42. The first-order valence-electron chi connectivity index (χ1n) is 7.03. The van der Waals surface area contributed by atoms with Gasteiger partial charge in [0, 0.05) is 17.2 Å². The van der Waals surface area contributed by atoms with Crippen molar-refractivity contribution in [3.8, 4) is 11.4 Å². The monoisotopic (exact) mass is 300 g/mol. The molecular weight excluding hydrogens is 284 g/mol. The highest BCUT2D eigenvalue weighted by molar-refractivity contribution is 8.00. The van der Waals surface area contributed by atoms with Crippen LogP contribution in [-0.4, -0.2) is 20.7 Å². The summed E-state index contributed by atoms with van der Waals surface area (Å²) in [5.41, 5.74) is 1.26. The molecule has 0 unspecified atom stereocenters. The predicted octanol–water partition coefficient (Wildman–Crippen LogP) is 3.00. The van der Waals surface area contributed by atoms with Gasteiger partial charge in [-0.1, -0.05) is 44.2 Å². The Morgan fingerprint density at radius 2 is 2.10 bits per heavy atom. The highest BCUT2D eigenvalue weighted by atomic mass is 32.2. The standard InChI is InChI=1S/C16H16N2O2S/c1-3-13(19)18-14(11-7-5-4-6-8-11)17-15-12(16(18)20)9-10(2)21-15/h4-8,10H,3,9H2,1-2H3/t10-/m0/s1. The first-order valence-corrected chi connectivity index (χ1v) is 7.91.